The largest absolute Gasteiger partial charge is 0.398 e. The highest BCUT2D eigenvalue weighted by atomic mass is 35.5. The summed E-state index contributed by atoms with van der Waals surface area (Å²) in [5.74, 6) is 0.309. The Hall–Kier alpha value is -0.770. The summed E-state index contributed by atoms with van der Waals surface area (Å²) in [6.07, 6.45) is -1.49. The lowest BCUT2D eigenvalue weighted by Gasteiger charge is -2.19. The molecule has 0 saturated heterocycles. The second kappa shape index (κ2) is 5.35. The zero-order chi connectivity index (χ0) is 11.4. The van der Waals surface area contributed by atoms with Crippen molar-refractivity contribution in [2.75, 3.05) is 11.6 Å². The molecule has 1 aromatic carbocycles. The number of nitrogens with two attached hydrogens (primary N) is 1. The lowest BCUT2D eigenvalue weighted by atomic mass is 9.99. The van der Waals surface area contributed by atoms with E-state index in [4.69, 9.17) is 17.3 Å². The summed E-state index contributed by atoms with van der Waals surface area (Å²) in [6.45, 7) is 1.91. The number of aliphatic hydroxyl groups is 2. The molecular formula is C11H16ClNO2. The number of hydrogen-bond donors (Lipinski definition) is 3. The van der Waals surface area contributed by atoms with Gasteiger partial charge in [0.2, 0.25) is 0 Å². The summed E-state index contributed by atoms with van der Waals surface area (Å²) < 4.78 is 0. The van der Waals surface area contributed by atoms with Crippen molar-refractivity contribution in [3.8, 4) is 0 Å². The first kappa shape index (κ1) is 12.3. The standard InChI is InChI=1S/C11H16ClNO2/c1-7-2-3-9(13)8(6-7)11(15)10(14)4-5-12/h2-3,6,10-11,14-15H,4-5,13H2,1H3. The molecule has 0 spiro atoms. The average molecular weight is 230 g/mol. The quantitative estimate of drug-likeness (QED) is 0.543. The van der Waals surface area contributed by atoms with Gasteiger partial charge < -0.3 is 15.9 Å². The number of halogens is 1. The van der Waals surface area contributed by atoms with Gasteiger partial charge in [-0.3, -0.25) is 0 Å². The molecule has 0 heterocycles. The topological polar surface area (TPSA) is 66.5 Å². The molecule has 0 aromatic heterocycles. The van der Waals surface area contributed by atoms with Crippen LogP contribution >= 0.6 is 11.6 Å². The van der Waals surface area contributed by atoms with Gasteiger partial charge in [0, 0.05) is 17.1 Å². The lowest BCUT2D eigenvalue weighted by Crippen LogP contribution is -2.19. The Balaban J connectivity index is 2.89. The van der Waals surface area contributed by atoms with E-state index < -0.39 is 12.2 Å². The molecule has 0 amide bonds. The van der Waals surface area contributed by atoms with Crippen molar-refractivity contribution in [3.05, 3.63) is 29.3 Å². The van der Waals surface area contributed by atoms with Crippen LogP contribution in [0.25, 0.3) is 0 Å². The summed E-state index contributed by atoms with van der Waals surface area (Å²) in [4.78, 5) is 0. The molecule has 0 aliphatic heterocycles. The van der Waals surface area contributed by atoms with Crippen LogP contribution in [0.15, 0.2) is 18.2 Å². The van der Waals surface area contributed by atoms with E-state index in [0.29, 0.717) is 23.6 Å². The molecule has 84 valence electrons. The number of hydrogen-bond acceptors (Lipinski definition) is 3. The first-order valence-corrected chi connectivity index (χ1v) is 5.38. The Morgan fingerprint density at radius 3 is 2.67 bits per heavy atom. The van der Waals surface area contributed by atoms with Crippen molar-refractivity contribution in [1.29, 1.82) is 0 Å². The summed E-state index contributed by atoms with van der Waals surface area (Å²) >= 11 is 5.50. The van der Waals surface area contributed by atoms with Gasteiger partial charge in [-0.25, -0.2) is 0 Å². The second-order valence-corrected chi connectivity index (χ2v) is 4.00. The third-order valence-electron chi connectivity index (χ3n) is 2.33. The van der Waals surface area contributed by atoms with Crippen molar-refractivity contribution >= 4 is 17.3 Å². The van der Waals surface area contributed by atoms with Crippen LogP contribution in [0, 0.1) is 6.92 Å². The van der Waals surface area contributed by atoms with Crippen molar-refractivity contribution in [2.24, 2.45) is 0 Å². The highest BCUT2D eigenvalue weighted by molar-refractivity contribution is 6.17. The predicted octanol–water partition coefficient (Wildman–Crippen LogP) is 1.60. The van der Waals surface area contributed by atoms with Gasteiger partial charge in [0.15, 0.2) is 0 Å². The van der Waals surface area contributed by atoms with Crippen LogP contribution < -0.4 is 5.73 Å². The number of nitrogen functional groups attached to an aromatic ring is 1. The molecule has 0 aliphatic carbocycles. The minimum atomic E-state index is -0.969. The maximum Gasteiger partial charge on any atom is 0.107 e. The van der Waals surface area contributed by atoms with E-state index in [9.17, 15) is 10.2 Å². The molecule has 2 atom stereocenters. The van der Waals surface area contributed by atoms with Gasteiger partial charge in [-0.2, -0.15) is 0 Å². The van der Waals surface area contributed by atoms with E-state index in [1.807, 2.05) is 13.0 Å². The van der Waals surface area contributed by atoms with Crippen molar-refractivity contribution < 1.29 is 10.2 Å². The summed E-state index contributed by atoms with van der Waals surface area (Å²) in [6, 6.07) is 5.36. The molecule has 0 radical (unpaired) electrons. The zero-order valence-electron chi connectivity index (χ0n) is 8.65. The van der Waals surface area contributed by atoms with Crippen LogP contribution in [0.3, 0.4) is 0 Å². The minimum absolute atomic E-state index is 0.309. The molecule has 0 aliphatic rings. The Labute approximate surface area is 94.5 Å². The van der Waals surface area contributed by atoms with Crippen LogP contribution in [0.4, 0.5) is 5.69 Å². The SMILES string of the molecule is Cc1ccc(N)c(C(O)C(O)CCCl)c1. The number of aryl methyl sites for hydroxylation is 1. The summed E-state index contributed by atoms with van der Waals surface area (Å²) in [5, 5.41) is 19.4. The molecule has 4 N–H and O–H groups in total. The normalized spacial score (nSPS) is 14.9. The van der Waals surface area contributed by atoms with Gasteiger partial charge in [0.25, 0.3) is 0 Å². The summed E-state index contributed by atoms with van der Waals surface area (Å²) in [5.41, 5.74) is 7.77. The molecule has 3 nitrogen and oxygen atoms in total. The molecule has 0 saturated carbocycles. The molecule has 1 rings (SSSR count). The van der Waals surface area contributed by atoms with Gasteiger partial charge in [-0.15, -0.1) is 11.6 Å². The van der Waals surface area contributed by atoms with Gasteiger partial charge in [0.1, 0.15) is 6.10 Å². The minimum Gasteiger partial charge on any atom is -0.398 e. The highest BCUT2D eigenvalue weighted by Gasteiger charge is 2.19. The number of rotatable bonds is 4. The first-order chi connectivity index (χ1) is 7.06. The molecule has 15 heavy (non-hydrogen) atoms. The fraction of sp³-hybridized carbons (Fsp3) is 0.455. The molecule has 4 heteroatoms. The molecule has 0 fully saturated rings. The smallest absolute Gasteiger partial charge is 0.107 e. The van der Waals surface area contributed by atoms with Crippen molar-refractivity contribution in [1.82, 2.24) is 0 Å². The number of alkyl halides is 1. The van der Waals surface area contributed by atoms with Crippen LogP contribution in [0.1, 0.15) is 23.7 Å². The molecule has 2 unspecified atom stereocenters. The fourth-order valence-corrected chi connectivity index (χ4v) is 1.65. The number of anilines is 1. The Bertz CT molecular complexity index is 330. The predicted molar refractivity (Wildman–Crippen MR) is 61.9 cm³/mol. The van der Waals surface area contributed by atoms with E-state index in [2.05, 4.69) is 0 Å². The maximum atomic E-state index is 9.84. The summed E-state index contributed by atoms with van der Waals surface area (Å²) in [7, 11) is 0. The molecule has 0 bridgehead atoms. The van der Waals surface area contributed by atoms with Crippen LogP contribution in [0.2, 0.25) is 0 Å². The fourth-order valence-electron chi connectivity index (χ4n) is 1.43. The molecular weight excluding hydrogens is 214 g/mol. The zero-order valence-corrected chi connectivity index (χ0v) is 9.41. The van der Waals surface area contributed by atoms with Crippen LogP contribution in [-0.2, 0) is 0 Å². The Kier molecular flexibility index (Phi) is 4.39. The first-order valence-electron chi connectivity index (χ1n) is 4.84. The highest BCUT2D eigenvalue weighted by Crippen LogP contribution is 2.25. The van der Waals surface area contributed by atoms with E-state index in [0.717, 1.165) is 5.56 Å². The van der Waals surface area contributed by atoms with Gasteiger partial charge in [-0.1, -0.05) is 17.7 Å². The van der Waals surface area contributed by atoms with Gasteiger partial charge in [0.05, 0.1) is 6.10 Å². The van der Waals surface area contributed by atoms with Crippen molar-refractivity contribution in [3.63, 3.8) is 0 Å². The third-order valence-corrected chi connectivity index (χ3v) is 2.55. The lowest BCUT2D eigenvalue weighted by molar-refractivity contribution is 0.0174. The number of benzene rings is 1. The van der Waals surface area contributed by atoms with Gasteiger partial charge >= 0.3 is 0 Å². The second-order valence-electron chi connectivity index (χ2n) is 3.62. The third kappa shape index (κ3) is 3.09. The monoisotopic (exact) mass is 229 g/mol. The Morgan fingerprint density at radius 1 is 1.40 bits per heavy atom. The Morgan fingerprint density at radius 2 is 2.07 bits per heavy atom. The van der Waals surface area contributed by atoms with Crippen molar-refractivity contribution in [2.45, 2.75) is 25.6 Å². The van der Waals surface area contributed by atoms with E-state index >= 15 is 0 Å². The molecule has 1 aromatic rings. The average Bonchev–Trinajstić information content (AvgIpc) is 2.21. The van der Waals surface area contributed by atoms with E-state index in [1.54, 1.807) is 12.1 Å². The van der Waals surface area contributed by atoms with Crippen LogP contribution in [-0.4, -0.2) is 22.2 Å². The van der Waals surface area contributed by atoms with E-state index in [1.165, 1.54) is 0 Å². The van der Waals surface area contributed by atoms with Gasteiger partial charge in [-0.05, 0) is 19.4 Å². The van der Waals surface area contributed by atoms with E-state index in [-0.39, 0.29) is 0 Å². The maximum absolute atomic E-state index is 9.84. The van der Waals surface area contributed by atoms with Crippen LogP contribution in [0.5, 0.6) is 0 Å². The number of aliphatic hydroxyl groups excluding tert-OH is 2.